The van der Waals surface area contributed by atoms with E-state index in [0.29, 0.717) is 24.5 Å². The maximum Gasteiger partial charge on any atom is 0.264 e. The summed E-state index contributed by atoms with van der Waals surface area (Å²) in [4.78, 5) is 14.5. The monoisotopic (exact) mass is 374 g/mol. The fourth-order valence-corrected chi connectivity index (χ4v) is 4.42. The molecule has 1 fully saturated rings. The molecular weight excluding hydrogens is 352 g/mol. The normalized spacial score (nSPS) is 14.3. The second-order valence-electron chi connectivity index (χ2n) is 6.11. The van der Waals surface area contributed by atoms with Gasteiger partial charge in [-0.1, -0.05) is 24.3 Å². The molecule has 7 heteroatoms. The number of benzene rings is 2. The van der Waals surface area contributed by atoms with Gasteiger partial charge in [0.25, 0.3) is 10.0 Å². The number of ether oxygens (including phenoxy) is 1. The smallest absolute Gasteiger partial charge is 0.264 e. The lowest BCUT2D eigenvalue weighted by molar-refractivity contribution is -0.128. The number of amides is 1. The van der Waals surface area contributed by atoms with E-state index >= 15 is 0 Å². The van der Waals surface area contributed by atoms with E-state index in [1.807, 2.05) is 0 Å². The SMILES string of the molecule is COc1cccc(N(CC(=O)N2CCCC2)S(=O)(=O)c2ccccc2)c1. The van der Waals surface area contributed by atoms with E-state index < -0.39 is 10.0 Å². The second kappa shape index (κ2) is 7.78. The van der Waals surface area contributed by atoms with Crippen molar-refractivity contribution in [3.63, 3.8) is 0 Å². The predicted molar refractivity (Wildman–Crippen MR) is 99.8 cm³/mol. The lowest BCUT2D eigenvalue weighted by Gasteiger charge is -2.26. The number of carbonyl (C=O) groups is 1. The van der Waals surface area contributed by atoms with Gasteiger partial charge in [-0.05, 0) is 37.1 Å². The van der Waals surface area contributed by atoms with Crippen molar-refractivity contribution in [2.75, 3.05) is 31.0 Å². The Balaban J connectivity index is 1.99. The number of hydrogen-bond donors (Lipinski definition) is 0. The van der Waals surface area contributed by atoms with Gasteiger partial charge in [-0.25, -0.2) is 8.42 Å². The number of rotatable bonds is 6. The topological polar surface area (TPSA) is 66.9 Å². The van der Waals surface area contributed by atoms with Crippen LogP contribution in [0.4, 0.5) is 5.69 Å². The number of likely N-dealkylation sites (tertiary alicyclic amines) is 1. The molecule has 0 radical (unpaired) electrons. The van der Waals surface area contributed by atoms with Crippen LogP contribution in [0.5, 0.6) is 5.75 Å². The van der Waals surface area contributed by atoms with E-state index in [4.69, 9.17) is 4.74 Å². The van der Waals surface area contributed by atoms with Crippen molar-refractivity contribution in [2.45, 2.75) is 17.7 Å². The second-order valence-corrected chi connectivity index (χ2v) is 7.98. The molecule has 26 heavy (non-hydrogen) atoms. The van der Waals surface area contributed by atoms with Crippen LogP contribution in [0, 0.1) is 0 Å². The molecule has 1 aliphatic rings. The number of sulfonamides is 1. The van der Waals surface area contributed by atoms with E-state index in [9.17, 15) is 13.2 Å². The first kappa shape index (κ1) is 18.3. The molecule has 138 valence electrons. The van der Waals surface area contributed by atoms with Crippen LogP contribution in [0.3, 0.4) is 0 Å². The van der Waals surface area contributed by atoms with Crippen LogP contribution in [-0.2, 0) is 14.8 Å². The zero-order chi connectivity index (χ0) is 18.6. The summed E-state index contributed by atoms with van der Waals surface area (Å²) in [7, 11) is -2.36. The highest BCUT2D eigenvalue weighted by Crippen LogP contribution is 2.27. The molecule has 0 unspecified atom stereocenters. The summed E-state index contributed by atoms with van der Waals surface area (Å²) in [5.41, 5.74) is 0.403. The molecule has 3 rings (SSSR count). The average Bonchev–Trinajstić information content (AvgIpc) is 3.21. The third kappa shape index (κ3) is 3.83. The molecule has 1 saturated heterocycles. The van der Waals surface area contributed by atoms with Gasteiger partial charge in [0.1, 0.15) is 12.3 Å². The summed E-state index contributed by atoms with van der Waals surface area (Å²) in [6.07, 6.45) is 1.91. The number of nitrogens with zero attached hydrogens (tertiary/aromatic N) is 2. The van der Waals surface area contributed by atoms with Crippen LogP contribution in [-0.4, -0.2) is 46.0 Å². The first-order chi connectivity index (χ1) is 12.5. The van der Waals surface area contributed by atoms with Gasteiger partial charge in [0, 0.05) is 19.2 Å². The van der Waals surface area contributed by atoms with E-state index in [-0.39, 0.29) is 17.3 Å². The molecule has 0 N–H and O–H groups in total. The molecule has 2 aromatic rings. The fourth-order valence-electron chi connectivity index (χ4n) is 2.99. The van der Waals surface area contributed by atoms with E-state index in [1.165, 1.54) is 19.2 Å². The number of methoxy groups -OCH3 is 1. The number of anilines is 1. The molecule has 0 bridgehead atoms. The molecule has 2 aromatic carbocycles. The van der Waals surface area contributed by atoms with Gasteiger partial charge in [-0.15, -0.1) is 0 Å². The van der Waals surface area contributed by atoms with E-state index in [1.54, 1.807) is 47.4 Å². The Morgan fingerprint density at radius 3 is 2.42 bits per heavy atom. The predicted octanol–water partition coefficient (Wildman–Crippen LogP) is 2.51. The van der Waals surface area contributed by atoms with Gasteiger partial charge >= 0.3 is 0 Å². The van der Waals surface area contributed by atoms with Crippen LogP contribution in [0.2, 0.25) is 0 Å². The van der Waals surface area contributed by atoms with Crippen molar-refractivity contribution in [3.05, 3.63) is 54.6 Å². The van der Waals surface area contributed by atoms with Crippen molar-refractivity contribution >= 4 is 21.6 Å². The first-order valence-electron chi connectivity index (χ1n) is 8.52. The minimum Gasteiger partial charge on any atom is -0.497 e. The van der Waals surface area contributed by atoms with Crippen molar-refractivity contribution in [2.24, 2.45) is 0 Å². The first-order valence-corrected chi connectivity index (χ1v) is 9.96. The van der Waals surface area contributed by atoms with Crippen molar-refractivity contribution in [1.29, 1.82) is 0 Å². The van der Waals surface area contributed by atoms with Crippen LogP contribution >= 0.6 is 0 Å². The summed E-state index contributed by atoms with van der Waals surface area (Å²) in [6.45, 7) is 1.12. The zero-order valence-electron chi connectivity index (χ0n) is 14.7. The Morgan fingerprint density at radius 1 is 1.08 bits per heavy atom. The fraction of sp³-hybridized carbons (Fsp3) is 0.316. The van der Waals surface area contributed by atoms with Crippen molar-refractivity contribution in [1.82, 2.24) is 4.90 Å². The Hall–Kier alpha value is -2.54. The molecule has 0 aromatic heterocycles. The van der Waals surface area contributed by atoms with Crippen molar-refractivity contribution < 1.29 is 17.9 Å². The summed E-state index contributed by atoms with van der Waals surface area (Å²) < 4.78 is 32.8. The number of hydrogen-bond acceptors (Lipinski definition) is 4. The summed E-state index contributed by atoms with van der Waals surface area (Å²) in [5.74, 6) is 0.342. The molecule has 0 aliphatic carbocycles. The molecule has 1 heterocycles. The highest BCUT2D eigenvalue weighted by molar-refractivity contribution is 7.92. The van der Waals surface area contributed by atoms with E-state index in [0.717, 1.165) is 17.1 Å². The maximum atomic E-state index is 13.2. The van der Waals surface area contributed by atoms with Crippen LogP contribution in [0.25, 0.3) is 0 Å². The third-order valence-electron chi connectivity index (χ3n) is 4.41. The molecule has 1 amide bonds. The van der Waals surface area contributed by atoms with Gasteiger partial charge in [-0.3, -0.25) is 9.10 Å². The van der Waals surface area contributed by atoms with Crippen LogP contribution < -0.4 is 9.04 Å². The van der Waals surface area contributed by atoms with Crippen LogP contribution in [0.1, 0.15) is 12.8 Å². The zero-order valence-corrected chi connectivity index (χ0v) is 15.5. The molecule has 0 saturated carbocycles. The number of carbonyl (C=O) groups excluding carboxylic acids is 1. The highest BCUT2D eigenvalue weighted by Gasteiger charge is 2.29. The summed E-state index contributed by atoms with van der Waals surface area (Å²) in [5, 5.41) is 0. The Kier molecular flexibility index (Phi) is 5.46. The average molecular weight is 374 g/mol. The standard InChI is InChI=1S/C19H22N2O4S/c1-25-17-9-7-8-16(14-17)21(15-19(22)20-12-5-6-13-20)26(23,24)18-10-3-2-4-11-18/h2-4,7-11,14H,5-6,12-13,15H2,1H3. The van der Waals surface area contributed by atoms with Crippen molar-refractivity contribution in [3.8, 4) is 5.75 Å². The minimum absolute atomic E-state index is 0.150. The van der Waals surface area contributed by atoms with Gasteiger partial charge in [0.2, 0.25) is 5.91 Å². The maximum absolute atomic E-state index is 13.2. The lowest BCUT2D eigenvalue weighted by Crippen LogP contribution is -2.42. The molecule has 0 atom stereocenters. The lowest BCUT2D eigenvalue weighted by atomic mass is 10.3. The quantitative estimate of drug-likeness (QED) is 0.779. The Bertz CT molecular complexity index is 862. The van der Waals surface area contributed by atoms with Gasteiger partial charge < -0.3 is 9.64 Å². The van der Waals surface area contributed by atoms with Crippen LogP contribution in [0.15, 0.2) is 59.5 Å². The van der Waals surface area contributed by atoms with Gasteiger partial charge in [0.05, 0.1) is 17.7 Å². The summed E-state index contributed by atoms with van der Waals surface area (Å²) >= 11 is 0. The Labute approximate surface area is 154 Å². The van der Waals surface area contributed by atoms with Gasteiger partial charge in [-0.2, -0.15) is 0 Å². The van der Waals surface area contributed by atoms with Gasteiger partial charge in [0.15, 0.2) is 0 Å². The Morgan fingerprint density at radius 2 is 1.77 bits per heavy atom. The summed E-state index contributed by atoms with van der Waals surface area (Å²) in [6, 6.07) is 14.9. The molecular formula is C19H22N2O4S. The largest absolute Gasteiger partial charge is 0.497 e. The van der Waals surface area contributed by atoms with E-state index in [2.05, 4.69) is 0 Å². The third-order valence-corrected chi connectivity index (χ3v) is 6.20. The molecule has 0 spiro atoms. The highest BCUT2D eigenvalue weighted by atomic mass is 32.2. The molecule has 6 nitrogen and oxygen atoms in total. The minimum atomic E-state index is -3.87. The molecule has 1 aliphatic heterocycles.